The van der Waals surface area contributed by atoms with Crippen molar-refractivity contribution in [1.82, 2.24) is 9.80 Å². The Morgan fingerprint density at radius 2 is 1.95 bits per heavy atom. The molecule has 1 aromatic rings. The van der Waals surface area contributed by atoms with E-state index in [4.69, 9.17) is 0 Å². The highest BCUT2D eigenvalue weighted by Crippen LogP contribution is 2.17. The first kappa shape index (κ1) is 17.4. The second-order valence-electron chi connectivity index (χ2n) is 6.20. The highest BCUT2D eigenvalue weighted by molar-refractivity contribution is 7.90. The first-order valence-corrected chi connectivity index (χ1v) is 9.78. The Morgan fingerprint density at radius 3 is 2.55 bits per heavy atom. The van der Waals surface area contributed by atoms with Gasteiger partial charge in [0, 0.05) is 45.0 Å². The molecule has 124 valence electrons. The van der Waals surface area contributed by atoms with Gasteiger partial charge in [-0.15, -0.1) is 0 Å². The summed E-state index contributed by atoms with van der Waals surface area (Å²) in [5.74, 6) is 0.215. The Balaban J connectivity index is 1.83. The van der Waals surface area contributed by atoms with Crippen LogP contribution in [-0.2, 0) is 9.84 Å². The van der Waals surface area contributed by atoms with Gasteiger partial charge in [0.1, 0.15) is 9.84 Å². The maximum Gasteiger partial charge on any atom is 0.148 e. The average Bonchev–Trinajstić information content (AvgIpc) is 2.47. The van der Waals surface area contributed by atoms with Gasteiger partial charge in [0.25, 0.3) is 0 Å². The van der Waals surface area contributed by atoms with Crippen LogP contribution in [0.1, 0.15) is 18.6 Å². The number of piperazine rings is 1. The lowest BCUT2D eigenvalue weighted by molar-refractivity contribution is 0.0410. The fraction of sp³-hybridized carbons (Fsp3) is 0.625. The molecule has 1 aliphatic rings. The summed E-state index contributed by atoms with van der Waals surface area (Å²) in [6.07, 6.45) is 0.800. The van der Waals surface area contributed by atoms with Crippen LogP contribution in [-0.4, -0.2) is 74.1 Å². The van der Waals surface area contributed by atoms with Gasteiger partial charge in [-0.25, -0.2) is 8.42 Å². The van der Waals surface area contributed by atoms with Crippen molar-refractivity contribution in [3.05, 3.63) is 35.9 Å². The molecule has 1 saturated heterocycles. The number of nitrogens with zero attached hydrogens (tertiary/aromatic N) is 2. The number of rotatable bonds is 6. The normalized spacial score (nSPS) is 22.6. The fourth-order valence-corrected chi connectivity index (χ4v) is 3.43. The summed E-state index contributed by atoms with van der Waals surface area (Å²) in [5, 5.41) is 10.3. The summed E-state index contributed by atoms with van der Waals surface area (Å²) in [7, 11) is -2.90. The van der Waals surface area contributed by atoms with E-state index >= 15 is 0 Å². The van der Waals surface area contributed by atoms with Gasteiger partial charge in [-0.3, -0.25) is 9.80 Å². The van der Waals surface area contributed by atoms with Crippen LogP contribution in [0, 0.1) is 0 Å². The predicted molar refractivity (Wildman–Crippen MR) is 88.6 cm³/mol. The lowest BCUT2D eigenvalue weighted by Gasteiger charge is -2.40. The van der Waals surface area contributed by atoms with Crippen molar-refractivity contribution in [3.8, 4) is 0 Å². The van der Waals surface area contributed by atoms with Crippen molar-refractivity contribution in [3.63, 3.8) is 0 Å². The molecular weight excluding hydrogens is 300 g/mol. The number of β-amino-alcohol motifs (C(OH)–C–C–N with tert-alkyl or cyclic N) is 1. The molecule has 22 heavy (non-hydrogen) atoms. The summed E-state index contributed by atoms with van der Waals surface area (Å²) >= 11 is 0. The zero-order chi connectivity index (χ0) is 16.2. The van der Waals surface area contributed by atoms with Crippen LogP contribution in [0.3, 0.4) is 0 Å². The van der Waals surface area contributed by atoms with E-state index in [1.807, 2.05) is 30.3 Å². The zero-order valence-electron chi connectivity index (χ0n) is 13.4. The molecule has 0 unspecified atom stereocenters. The number of sulfone groups is 1. The van der Waals surface area contributed by atoms with Crippen LogP contribution < -0.4 is 0 Å². The maximum atomic E-state index is 11.3. The molecule has 1 heterocycles. The summed E-state index contributed by atoms with van der Waals surface area (Å²) in [5.41, 5.74) is 0.939. The van der Waals surface area contributed by atoms with Crippen molar-refractivity contribution in [2.45, 2.75) is 19.1 Å². The van der Waals surface area contributed by atoms with E-state index in [0.717, 1.165) is 25.2 Å². The molecule has 1 aromatic carbocycles. The largest absolute Gasteiger partial charge is 0.387 e. The summed E-state index contributed by atoms with van der Waals surface area (Å²) in [4.78, 5) is 4.46. The standard InChI is InChI=1S/C16H26N2O3S/c1-14-12-17(10-11-22(2,20)21)8-9-18(14)13-16(19)15-6-4-3-5-7-15/h3-7,14,16,19H,8-13H2,1-2H3/t14-,16-/m1/s1. The number of hydrogen-bond acceptors (Lipinski definition) is 5. The number of benzene rings is 1. The number of hydrogen-bond donors (Lipinski definition) is 1. The first-order valence-electron chi connectivity index (χ1n) is 7.72. The van der Waals surface area contributed by atoms with Crippen LogP contribution in [0.2, 0.25) is 0 Å². The van der Waals surface area contributed by atoms with Gasteiger partial charge in [-0.2, -0.15) is 0 Å². The Bertz CT molecular complexity index is 562. The van der Waals surface area contributed by atoms with Crippen LogP contribution in [0.5, 0.6) is 0 Å². The molecule has 0 aliphatic carbocycles. The molecule has 1 N–H and O–H groups in total. The molecular formula is C16H26N2O3S. The van der Waals surface area contributed by atoms with E-state index in [2.05, 4.69) is 16.7 Å². The van der Waals surface area contributed by atoms with Crippen molar-refractivity contribution in [1.29, 1.82) is 0 Å². The topological polar surface area (TPSA) is 60.9 Å². The molecule has 6 heteroatoms. The Morgan fingerprint density at radius 1 is 1.27 bits per heavy atom. The minimum absolute atomic E-state index is 0.215. The predicted octanol–water partition coefficient (Wildman–Crippen LogP) is 0.771. The third-order valence-electron chi connectivity index (χ3n) is 4.22. The molecule has 2 atom stereocenters. The molecule has 5 nitrogen and oxygen atoms in total. The highest BCUT2D eigenvalue weighted by atomic mass is 32.2. The third-order valence-corrected chi connectivity index (χ3v) is 5.14. The van der Waals surface area contributed by atoms with Gasteiger partial charge in [-0.05, 0) is 12.5 Å². The SMILES string of the molecule is C[C@@H]1CN(CCS(C)(=O)=O)CCN1C[C@@H](O)c1ccccc1. The van der Waals surface area contributed by atoms with Crippen molar-refractivity contribution in [2.24, 2.45) is 0 Å². The molecule has 2 rings (SSSR count). The molecule has 0 spiro atoms. The lowest BCUT2D eigenvalue weighted by atomic mass is 10.1. The van der Waals surface area contributed by atoms with E-state index in [1.54, 1.807) is 0 Å². The van der Waals surface area contributed by atoms with Gasteiger partial charge in [0.05, 0.1) is 11.9 Å². The van der Waals surface area contributed by atoms with Crippen LogP contribution >= 0.6 is 0 Å². The van der Waals surface area contributed by atoms with Crippen molar-refractivity contribution < 1.29 is 13.5 Å². The van der Waals surface area contributed by atoms with Gasteiger partial charge in [0.2, 0.25) is 0 Å². The lowest BCUT2D eigenvalue weighted by Crippen LogP contribution is -2.53. The van der Waals surface area contributed by atoms with Crippen molar-refractivity contribution >= 4 is 9.84 Å². The molecule has 0 radical (unpaired) electrons. The van der Waals surface area contributed by atoms with E-state index < -0.39 is 15.9 Å². The maximum absolute atomic E-state index is 11.3. The quantitative estimate of drug-likeness (QED) is 0.837. The van der Waals surface area contributed by atoms with Gasteiger partial charge in [0.15, 0.2) is 0 Å². The minimum atomic E-state index is -2.90. The minimum Gasteiger partial charge on any atom is -0.387 e. The van der Waals surface area contributed by atoms with Gasteiger partial charge < -0.3 is 5.11 Å². The Labute approximate surface area is 133 Å². The van der Waals surface area contributed by atoms with E-state index in [0.29, 0.717) is 19.1 Å². The Hall–Kier alpha value is -0.950. The molecule has 0 aromatic heterocycles. The average molecular weight is 326 g/mol. The second kappa shape index (κ2) is 7.55. The molecule has 0 bridgehead atoms. The molecule has 1 fully saturated rings. The van der Waals surface area contributed by atoms with Crippen molar-refractivity contribution in [2.75, 3.05) is 44.7 Å². The monoisotopic (exact) mass is 326 g/mol. The first-order chi connectivity index (χ1) is 10.3. The zero-order valence-corrected chi connectivity index (χ0v) is 14.2. The van der Waals surface area contributed by atoms with E-state index in [-0.39, 0.29) is 5.75 Å². The number of aliphatic hydroxyl groups excluding tert-OH is 1. The Kier molecular flexibility index (Phi) is 5.97. The summed E-state index contributed by atoms with van der Waals surface area (Å²) in [6, 6.07) is 10.0. The molecule has 1 aliphatic heterocycles. The molecule has 0 saturated carbocycles. The van der Waals surface area contributed by atoms with E-state index in [9.17, 15) is 13.5 Å². The third kappa shape index (κ3) is 5.35. The molecule has 0 amide bonds. The fourth-order valence-electron chi connectivity index (χ4n) is 2.84. The van der Waals surface area contributed by atoms with Crippen LogP contribution in [0.15, 0.2) is 30.3 Å². The van der Waals surface area contributed by atoms with Gasteiger partial charge >= 0.3 is 0 Å². The smallest absolute Gasteiger partial charge is 0.148 e. The van der Waals surface area contributed by atoms with Crippen LogP contribution in [0.4, 0.5) is 0 Å². The second-order valence-corrected chi connectivity index (χ2v) is 8.46. The summed E-state index contributed by atoms with van der Waals surface area (Å²) < 4.78 is 22.5. The van der Waals surface area contributed by atoms with Gasteiger partial charge in [-0.1, -0.05) is 30.3 Å². The summed E-state index contributed by atoms with van der Waals surface area (Å²) in [6.45, 7) is 5.89. The van der Waals surface area contributed by atoms with Crippen LogP contribution in [0.25, 0.3) is 0 Å². The highest BCUT2D eigenvalue weighted by Gasteiger charge is 2.25. The number of aliphatic hydroxyl groups is 1. The van der Waals surface area contributed by atoms with E-state index in [1.165, 1.54) is 6.26 Å².